The lowest BCUT2D eigenvalue weighted by molar-refractivity contribution is -0.122. The number of halogens is 3. The molecule has 3 aromatic rings. The molecule has 9 nitrogen and oxygen atoms in total. The number of amides is 1. The summed E-state index contributed by atoms with van der Waals surface area (Å²) >= 11 is 5.71. The Hall–Kier alpha value is -3.05. The third-order valence-corrected chi connectivity index (χ3v) is 7.42. The average molecular weight is 520 g/mol. The van der Waals surface area contributed by atoms with Crippen LogP contribution in [0.4, 0.5) is 26.4 Å². The van der Waals surface area contributed by atoms with Gasteiger partial charge in [-0.1, -0.05) is 11.6 Å². The van der Waals surface area contributed by atoms with Crippen LogP contribution in [0.1, 0.15) is 57.4 Å². The van der Waals surface area contributed by atoms with Crippen LogP contribution in [0.15, 0.2) is 18.3 Å². The van der Waals surface area contributed by atoms with Crippen LogP contribution >= 0.6 is 11.6 Å². The molecule has 192 valence electrons. The minimum absolute atomic E-state index is 0.0531. The molecule has 2 atom stereocenters. The van der Waals surface area contributed by atoms with E-state index in [0.29, 0.717) is 49.2 Å². The number of nitrogens with two attached hydrogens (primary N) is 1. The Morgan fingerprint density at radius 1 is 1.11 bits per heavy atom. The molecule has 2 fully saturated rings. The minimum Gasteiger partial charge on any atom is -0.393 e. The lowest BCUT2D eigenvalue weighted by Gasteiger charge is -2.29. The van der Waals surface area contributed by atoms with Crippen molar-refractivity contribution in [3.63, 3.8) is 0 Å². The van der Waals surface area contributed by atoms with Gasteiger partial charge in [-0.15, -0.1) is 0 Å². The second-order valence-corrected chi connectivity index (χ2v) is 10.1. The highest BCUT2D eigenvalue weighted by Crippen LogP contribution is 2.37. The second kappa shape index (κ2) is 10.1. The third-order valence-electron chi connectivity index (χ3n) is 7.13. The van der Waals surface area contributed by atoms with Gasteiger partial charge in [0.2, 0.25) is 17.8 Å². The van der Waals surface area contributed by atoms with Crippen LogP contribution in [-0.2, 0) is 4.79 Å². The number of benzene rings is 1. The van der Waals surface area contributed by atoms with Gasteiger partial charge in [0.15, 0.2) is 5.65 Å². The molecule has 0 saturated heterocycles. The van der Waals surface area contributed by atoms with E-state index in [9.17, 15) is 18.7 Å². The molecule has 1 amide bonds. The summed E-state index contributed by atoms with van der Waals surface area (Å²) in [4.78, 5) is 25.4. The first-order valence-corrected chi connectivity index (χ1v) is 12.6. The summed E-state index contributed by atoms with van der Waals surface area (Å²) in [7, 11) is 0. The van der Waals surface area contributed by atoms with E-state index in [0.717, 1.165) is 31.4 Å². The zero-order valence-electron chi connectivity index (χ0n) is 19.6. The highest BCUT2D eigenvalue weighted by atomic mass is 35.5. The number of aliphatic hydroxyl groups is 1. The van der Waals surface area contributed by atoms with E-state index in [2.05, 4.69) is 20.6 Å². The van der Waals surface area contributed by atoms with Gasteiger partial charge in [-0.3, -0.25) is 9.36 Å². The van der Waals surface area contributed by atoms with Crippen LogP contribution in [0, 0.1) is 17.6 Å². The van der Waals surface area contributed by atoms with Gasteiger partial charge in [0.1, 0.15) is 17.2 Å². The van der Waals surface area contributed by atoms with Crippen molar-refractivity contribution >= 4 is 46.3 Å². The van der Waals surface area contributed by atoms with Gasteiger partial charge in [0.25, 0.3) is 0 Å². The highest BCUT2D eigenvalue weighted by molar-refractivity contribution is 6.30. The molecule has 2 heterocycles. The molecule has 36 heavy (non-hydrogen) atoms. The van der Waals surface area contributed by atoms with Crippen LogP contribution in [0.5, 0.6) is 0 Å². The number of imidazole rings is 1. The van der Waals surface area contributed by atoms with Gasteiger partial charge in [-0.05, 0) is 57.4 Å². The summed E-state index contributed by atoms with van der Waals surface area (Å²) in [5.74, 6) is -1.30. The fourth-order valence-electron chi connectivity index (χ4n) is 5.23. The lowest BCUT2D eigenvalue weighted by atomic mass is 9.85. The fourth-order valence-corrected chi connectivity index (χ4v) is 5.38. The molecular weight excluding hydrogens is 492 g/mol. The quantitative estimate of drug-likeness (QED) is 0.354. The molecule has 0 spiro atoms. The van der Waals surface area contributed by atoms with Gasteiger partial charge in [0.05, 0.1) is 23.0 Å². The molecular formula is C24H28ClF2N7O2. The van der Waals surface area contributed by atoms with Crippen LogP contribution in [-0.4, -0.2) is 42.7 Å². The zero-order chi connectivity index (χ0) is 25.4. The molecule has 5 rings (SSSR count). The van der Waals surface area contributed by atoms with Crippen molar-refractivity contribution in [2.45, 2.75) is 69.6 Å². The van der Waals surface area contributed by atoms with Crippen molar-refractivity contribution in [3.8, 4) is 0 Å². The van der Waals surface area contributed by atoms with Gasteiger partial charge in [-0.2, -0.15) is 4.98 Å². The summed E-state index contributed by atoms with van der Waals surface area (Å²) in [6.45, 7) is 0. The maximum absolute atomic E-state index is 14.6. The Kier molecular flexibility index (Phi) is 6.94. The topological polar surface area (TPSA) is 131 Å². The first kappa shape index (κ1) is 24.6. The maximum Gasteiger partial charge on any atom is 0.224 e. The van der Waals surface area contributed by atoms with E-state index in [1.54, 1.807) is 6.20 Å². The highest BCUT2D eigenvalue weighted by Gasteiger charge is 2.30. The molecule has 12 heteroatoms. The number of fused-ring (bicyclic) bond motifs is 1. The average Bonchev–Trinajstić information content (AvgIpc) is 3.19. The van der Waals surface area contributed by atoms with Crippen molar-refractivity contribution in [2.24, 2.45) is 11.7 Å². The predicted molar refractivity (Wildman–Crippen MR) is 132 cm³/mol. The summed E-state index contributed by atoms with van der Waals surface area (Å²) < 4.78 is 30.5. The summed E-state index contributed by atoms with van der Waals surface area (Å²) in [6.07, 6.45) is 6.97. The summed E-state index contributed by atoms with van der Waals surface area (Å²) in [6, 6.07) is 1.85. The SMILES string of the molecule is NC(=O)[C@H]1CC[C@H](n2c(Nc3cc(F)c(Cl)cc3F)nc3cnc(N[C@H]4CCC[C@H](O)C4)nc32)CC1. The van der Waals surface area contributed by atoms with Crippen molar-refractivity contribution in [3.05, 3.63) is 35.0 Å². The number of nitrogens with zero attached hydrogens (tertiary/aromatic N) is 4. The Balaban J connectivity index is 1.51. The number of carbonyl (C=O) groups excluding carboxylic acids is 1. The molecule has 0 unspecified atom stereocenters. The summed E-state index contributed by atoms with van der Waals surface area (Å²) in [5.41, 5.74) is 6.42. The Bertz CT molecular complexity index is 1280. The van der Waals surface area contributed by atoms with Crippen LogP contribution < -0.4 is 16.4 Å². The largest absolute Gasteiger partial charge is 0.393 e. The number of nitrogens with one attached hydrogen (secondary N) is 2. The lowest BCUT2D eigenvalue weighted by Crippen LogP contribution is -2.30. The van der Waals surface area contributed by atoms with Gasteiger partial charge >= 0.3 is 0 Å². The van der Waals surface area contributed by atoms with Crippen LogP contribution in [0.2, 0.25) is 5.02 Å². The van der Waals surface area contributed by atoms with Gasteiger partial charge in [0, 0.05) is 24.1 Å². The van der Waals surface area contributed by atoms with E-state index < -0.39 is 11.6 Å². The number of aliphatic hydroxyl groups excluding tert-OH is 1. The van der Waals surface area contributed by atoms with E-state index in [-0.39, 0.29) is 46.7 Å². The zero-order valence-corrected chi connectivity index (χ0v) is 20.3. The Labute approximate surface area is 211 Å². The number of primary amides is 1. The minimum atomic E-state index is -0.758. The number of aromatic nitrogens is 4. The molecule has 0 bridgehead atoms. The molecule has 2 aliphatic carbocycles. The fraction of sp³-hybridized carbons (Fsp3) is 0.500. The monoisotopic (exact) mass is 519 g/mol. The normalized spacial score (nSPS) is 24.6. The Morgan fingerprint density at radius 2 is 1.89 bits per heavy atom. The van der Waals surface area contributed by atoms with E-state index in [4.69, 9.17) is 22.3 Å². The molecule has 1 aromatic carbocycles. The molecule has 5 N–H and O–H groups in total. The number of rotatable bonds is 6. The number of hydrogen-bond acceptors (Lipinski definition) is 7. The first-order chi connectivity index (χ1) is 17.3. The number of anilines is 3. The predicted octanol–water partition coefficient (Wildman–Crippen LogP) is 4.43. The molecule has 2 aliphatic rings. The van der Waals surface area contributed by atoms with Crippen LogP contribution in [0.25, 0.3) is 11.2 Å². The third kappa shape index (κ3) is 5.08. The van der Waals surface area contributed by atoms with E-state index >= 15 is 0 Å². The molecule has 2 saturated carbocycles. The molecule has 0 radical (unpaired) electrons. The van der Waals surface area contributed by atoms with Crippen molar-refractivity contribution < 1.29 is 18.7 Å². The van der Waals surface area contributed by atoms with Crippen LogP contribution in [0.3, 0.4) is 0 Å². The number of carbonyl (C=O) groups is 1. The number of hydrogen-bond donors (Lipinski definition) is 4. The van der Waals surface area contributed by atoms with E-state index in [1.165, 1.54) is 0 Å². The molecule has 0 aliphatic heterocycles. The smallest absolute Gasteiger partial charge is 0.224 e. The van der Waals surface area contributed by atoms with Crippen molar-refractivity contribution in [1.29, 1.82) is 0 Å². The maximum atomic E-state index is 14.6. The Morgan fingerprint density at radius 3 is 2.61 bits per heavy atom. The van der Waals surface area contributed by atoms with Crippen molar-refractivity contribution in [1.82, 2.24) is 19.5 Å². The summed E-state index contributed by atoms with van der Waals surface area (Å²) in [5, 5.41) is 15.9. The van der Waals surface area contributed by atoms with Gasteiger partial charge in [-0.25, -0.2) is 18.7 Å². The van der Waals surface area contributed by atoms with Crippen molar-refractivity contribution in [2.75, 3.05) is 10.6 Å². The van der Waals surface area contributed by atoms with Gasteiger partial charge < -0.3 is 21.5 Å². The van der Waals surface area contributed by atoms with E-state index in [1.807, 2.05) is 4.57 Å². The standard InChI is InChI=1S/C24H28ClF2N7O2/c25-16-9-18(27)19(10-17(16)26)31-24-32-20-11-29-23(30-13-2-1-3-15(35)8-13)33-22(20)34(24)14-6-4-12(5-7-14)21(28)36/h9-15,35H,1-8H2,(H2,28,36)(H,31,32)(H,29,30,33)/t12-,13-,14-,15-/m0/s1. The first-order valence-electron chi connectivity index (χ1n) is 12.2. The second-order valence-electron chi connectivity index (χ2n) is 9.65. The molecule has 2 aromatic heterocycles.